The predicted molar refractivity (Wildman–Crippen MR) is 107 cm³/mol. The Labute approximate surface area is 161 Å². The number of hydrogen-bond acceptors (Lipinski definition) is 3. The number of nitrogens with one attached hydrogen (secondary N) is 2. The van der Waals surface area contributed by atoms with Gasteiger partial charge in [-0.1, -0.05) is 12.5 Å². The molecule has 2 N–H and O–H groups in total. The van der Waals surface area contributed by atoms with E-state index in [9.17, 15) is 12.8 Å². The van der Waals surface area contributed by atoms with Gasteiger partial charge in [0.1, 0.15) is 5.82 Å². The maximum atomic E-state index is 13.7. The lowest BCUT2D eigenvalue weighted by Gasteiger charge is -2.43. The monoisotopic (exact) mass is 395 g/mol. The second-order valence-electron chi connectivity index (χ2n) is 8.02. The van der Waals surface area contributed by atoms with Crippen LogP contribution < -0.4 is 10.6 Å². The van der Waals surface area contributed by atoms with Gasteiger partial charge in [0.05, 0.1) is 12.3 Å². The molecule has 0 atom stereocenters. The van der Waals surface area contributed by atoms with Crippen LogP contribution in [0.25, 0.3) is 0 Å². The highest BCUT2D eigenvalue weighted by Gasteiger charge is 2.48. The summed E-state index contributed by atoms with van der Waals surface area (Å²) in [4.78, 5) is 4.59. The molecule has 1 aromatic carbocycles. The summed E-state index contributed by atoms with van der Waals surface area (Å²) in [6.45, 7) is 3.91. The Morgan fingerprint density at radius 3 is 2.56 bits per heavy atom. The molecule has 27 heavy (non-hydrogen) atoms. The molecule has 2 saturated carbocycles. The van der Waals surface area contributed by atoms with Crippen LogP contribution in [0.5, 0.6) is 0 Å². The van der Waals surface area contributed by atoms with Gasteiger partial charge in [-0.25, -0.2) is 17.8 Å². The van der Waals surface area contributed by atoms with Gasteiger partial charge in [0.2, 0.25) is 0 Å². The Morgan fingerprint density at radius 2 is 2.00 bits per heavy atom. The van der Waals surface area contributed by atoms with Crippen molar-refractivity contribution in [2.75, 3.05) is 19.3 Å². The molecule has 0 heterocycles. The van der Waals surface area contributed by atoms with E-state index in [-0.39, 0.29) is 18.1 Å². The molecular weight excluding hydrogens is 365 g/mol. The molecule has 0 spiro atoms. The summed E-state index contributed by atoms with van der Waals surface area (Å²) in [6, 6.07) is 4.22. The minimum Gasteiger partial charge on any atom is -0.357 e. The zero-order valence-electron chi connectivity index (χ0n) is 16.2. The Bertz CT molecular complexity index is 799. The third-order valence-corrected chi connectivity index (χ3v) is 6.57. The van der Waals surface area contributed by atoms with E-state index in [1.165, 1.54) is 56.6 Å². The first kappa shape index (κ1) is 20.1. The molecule has 0 saturated heterocycles. The summed E-state index contributed by atoms with van der Waals surface area (Å²) in [7, 11) is -3.19. The van der Waals surface area contributed by atoms with Gasteiger partial charge < -0.3 is 10.6 Å². The zero-order valence-corrected chi connectivity index (χ0v) is 17.0. The van der Waals surface area contributed by atoms with Crippen LogP contribution in [0.1, 0.15) is 50.2 Å². The van der Waals surface area contributed by atoms with Crippen LogP contribution in [0.4, 0.5) is 4.39 Å². The third-order valence-electron chi connectivity index (χ3n) is 5.74. The highest BCUT2D eigenvalue weighted by atomic mass is 32.2. The van der Waals surface area contributed by atoms with E-state index in [0.717, 1.165) is 19.0 Å². The summed E-state index contributed by atoms with van der Waals surface area (Å²) in [6.07, 6.45) is 7.74. The molecule has 0 amide bonds. The molecule has 0 radical (unpaired) electrons. The molecule has 5 nitrogen and oxygen atoms in total. The van der Waals surface area contributed by atoms with Crippen LogP contribution >= 0.6 is 0 Å². The van der Waals surface area contributed by atoms with Crippen molar-refractivity contribution in [2.24, 2.45) is 16.3 Å². The SMILES string of the molecule is CCNC(=NCc1cc(F)ccc1CS(C)(=O)=O)NCC1(C2CC2)CCC1. The van der Waals surface area contributed by atoms with E-state index in [0.29, 0.717) is 22.5 Å². The number of rotatable bonds is 8. The van der Waals surface area contributed by atoms with Crippen molar-refractivity contribution in [1.82, 2.24) is 10.6 Å². The molecule has 7 heteroatoms. The maximum Gasteiger partial charge on any atom is 0.191 e. The highest BCUT2D eigenvalue weighted by Crippen LogP contribution is 2.56. The van der Waals surface area contributed by atoms with Crippen molar-refractivity contribution in [2.45, 2.75) is 51.3 Å². The van der Waals surface area contributed by atoms with Crippen LogP contribution in [-0.2, 0) is 22.1 Å². The lowest BCUT2D eigenvalue weighted by molar-refractivity contribution is 0.106. The van der Waals surface area contributed by atoms with Crippen molar-refractivity contribution in [3.05, 3.63) is 35.1 Å². The predicted octanol–water partition coefficient (Wildman–Crippen LogP) is 3.01. The molecule has 1 aromatic rings. The quantitative estimate of drug-likeness (QED) is 0.524. The first-order chi connectivity index (χ1) is 12.8. The number of aliphatic imine (C=N–C) groups is 1. The maximum absolute atomic E-state index is 13.7. The lowest BCUT2D eigenvalue weighted by Crippen LogP contribution is -2.47. The number of halogens is 1. The van der Waals surface area contributed by atoms with Crippen LogP contribution in [-0.4, -0.2) is 33.7 Å². The number of benzene rings is 1. The number of hydrogen-bond donors (Lipinski definition) is 2. The molecule has 150 valence electrons. The van der Waals surface area contributed by atoms with Gasteiger partial charge >= 0.3 is 0 Å². The van der Waals surface area contributed by atoms with Gasteiger partial charge in [-0.05, 0) is 67.2 Å². The normalized spacial score (nSPS) is 19.4. The van der Waals surface area contributed by atoms with Gasteiger partial charge in [0.25, 0.3) is 0 Å². The van der Waals surface area contributed by atoms with Crippen LogP contribution in [0.2, 0.25) is 0 Å². The second kappa shape index (κ2) is 8.17. The molecule has 3 rings (SSSR count). The van der Waals surface area contributed by atoms with Gasteiger partial charge in [0.15, 0.2) is 15.8 Å². The van der Waals surface area contributed by atoms with Crippen molar-refractivity contribution >= 4 is 15.8 Å². The molecule has 2 fully saturated rings. The largest absolute Gasteiger partial charge is 0.357 e. The molecule has 0 bridgehead atoms. The van der Waals surface area contributed by atoms with Gasteiger partial charge in [-0.2, -0.15) is 0 Å². The van der Waals surface area contributed by atoms with Crippen molar-refractivity contribution in [3.8, 4) is 0 Å². The molecule has 0 aliphatic heterocycles. The van der Waals surface area contributed by atoms with Crippen LogP contribution in [0, 0.1) is 17.2 Å². The average Bonchev–Trinajstić information content (AvgIpc) is 3.37. The zero-order chi connectivity index (χ0) is 19.5. The summed E-state index contributed by atoms with van der Waals surface area (Å²) in [5.74, 6) is 1.08. The van der Waals surface area contributed by atoms with E-state index in [1.54, 1.807) is 0 Å². The summed E-state index contributed by atoms with van der Waals surface area (Å²) in [5.41, 5.74) is 1.64. The van der Waals surface area contributed by atoms with E-state index < -0.39 is 9.84 Å². The van der Waals surface area contributed by atoms with Crippen molar-refractivity contribution in [1.29, 1.82) is 0 Å². The van der Waals surface area contributed by atoms with Gasteiger partial charge in [-0.15, -0.1) is 0 Å². The molecule has 0 aromatic heterocycles. The second-order valence-corrected chi connectivity index (χ2v) is 10.2. The van der Waals surface area contributed by atoms with Crippen LogP contribution in [0.3, 0.4) is 0 Å². The standard InChI is InChI=1S/C20H30FN3O2S/c1-3-22-19(24-14-20(9-4-10-20)17-6-7-17)23-12-16-11-18(21)8-5-15(16)13-27(2,25)26/h5,8,11,17H,3-4,6-7,9-10,12-14H2,1-2H3,(H2,22,23,24). The first-order valence-electron chi connectivity index (χ1n) is 9.78. The van der Waals surface area contributed by atoms with E-state index in [1.807, 2.05) is 6.92 Å². The first-order valence-corrected chi connectivity index (χ1v) is 11.8. The topological polar surface area (TPSA) is 70.6 Å². The summed E-state index contributed by atoms with van der Waals surface area (Å²) < 4.78 is 37.0. The molecule has 0 unspecified atom stereocenters. The fourth-order valence-corrected chi connectivity index (χ4v) is 4.83. The molecule has 2 aliphatic carbocycles. The third kappa shape index (κ3) is 5.43. The minimum atomic E-state index is -3.19. The average molecular weight is 396 g/mol. The number of guanidine groups is 1. The Kier molecular flexibility index (Phi) is 6.08. The number of nitrogens with zero attached hydrogens (tertiary/aromatic N) is 1. The smallest absolute Gasteiger partial charge is 0.191 e. The van der Waals surface area contributed by atoms with E-state index >= 15 is 0 Å². The molecular formula is C20H30FN3O2S. The Morgan fingerprint density at radius 1 is 1.26 bits per heavy atom. The van der Waals surface area contributed by atoms with Crippen molar-refractivity contribution in [3.63, 3.8) is 0 Å². The van der Waals surface area contributed by atoms with Gasteiger partial charge in [0, 0.05) is 19.3 Å². The van der Waals surface area contributed by atoms with E-state index in [2.05, 4.69) is 15.6 Å². The van der Waals surface area contributed by atoms with E-state index in [4.69, 9.17) is 0 Å². The fraction of sp³-hybridized carbons (Fsp3) is 0.650. The Balaban J connectivity index is 1.70. The summed E-state index contributed by atoms with van der Waals surface area (Å²) in [5, 5.41) is 6.71. The lowest BCUT2D eigenvalue weighted by atomic mass is 9.65. The van der Waals surface area contributed by atoms with Crippen molar-refractivity contribution < 1.29 is 12.8 Å². The number of sulfone groups is 1. The van der Waals surface area contributed by atoms with Gasteiger partial charge in [-0.3, -0.25) is 0 Å². The summed E-state index contributed by atoms with van der Waals surface area (Å²) >= 11 is 0. The highest BCUT2D eigenvalue weighted by molar-refractivity contribution is 7.89. The fourth-order valence-electron chi connectivity index (χ4n) is 3.99. The minimum absolute atomic E-state index is 0.104. The Hall–Kier alpha value is -1.63. The van der Waals surface area contributed by atoms with Crippen LogP contribution in [0.15, 0.2) is 23.2 Å². The molecule has 2 aliphatic rings.